The Labute approximate surface area is 150 Å². The molecule has 0 aliphatic heterocycles. The summed E-state index contributed by atoms with van der Waals surface area (Å²) in [6, 6.07) is 7.57. The van der Waals surface area contributed by atoms with Gasteiger partial charge in [0, 0.05) is 31.4 Å². The van der Waals surface area contributed by atoms with Crippen molar-refractivity contribution in [1.29, 1.82) is 0 Å². The average Bonchev–Trinajstić information content (AvgIpc) is 2.44. The smallest absolute Gasteiger partial charge is 0.407 e. The number of carbonyl (C=O) groups excluding carboxylic acids is 2. The van der Waals surface area contributed by atoms with Gasteiger partial charge in [-0.3, -0.25) is 4.79 Å². The number of hydrogen-bond donors (Lipinski definition) is 3. The Morgan fingerprint density at radius 1 is 1.12 bits per heavy atom. The Balaban J connectivity index is 2.56. The maximum atomic E-state index is 11.8. The molecule has 1 aromatic rings. The minimum absolute atomic E-state index is 0.0984. The minimum Gasteiger partial charge on any atom is -0.444 e. The fourth-order valence-corrected chi connectivity index (χ4v) is 2.23. The predicted molar refractivity (Wildman–Crippen MR) is 102 cm³/mol. The van der Waals surface area contributed by atoms with Gasteiger partial charge in [0.05, 0.1) is 0 Å². The lowest BCUT2D eigenvalue weighted by Crippen LogP contribution is -2.38. The first-order chi connectivity index (χ1) is 11.6. The number of benzene rings is 1. The van der Waals surface area contributed by atoms with Crippen LogP contribution in [0.2, 0.25) is 0 Å². The normalized spacial score (nSPS) is 12.4. The second kappa shape index (κ2) is 9.30. The summed E-state index contributed by atoms with van der Waals surface area (Å²) < 4.78 is 5.27. The summed E-state index contributed by atoms with van der Waals surface area (Å²) in [6.45, 7) is 12.5. The number of nitrogens with one attached hydrogen (secondary N) is 3. The van der Waals surface area contributed by atoms with Crippen LogP contribution >= 0.6 is 0 Å². The monoisotopic (exact) mass is 349 g/mol. The molecule has 0 aromatic heterocycles. The number of rotatable bonds is 7. The van der Waals surface area contributed by atoms with Crippen molar-refractivity contribution in [1.82, 2.24) is 5.32 Å². The van der Waals surface area contributed by atoms with Crippen LogP contribution in [0.4, 0.5) is 16.2 Å². The third-order valence-corrected chi connectivity index (χ3v) is 3.60. The molecule has 2 amide bonds. The van der Waals surface area contributed by atoms with Gasteiger partial charge in [0.25, 0.3) is 0 Å². The van der Waals surface area contributed by atoms with E-state index in [2.05, 4.69) is 29.8 Å². The van der Waals surface area contributed by atoms with E-state index >= 15 is 0 Å². The summed E-state index contributed by atoms with van der Waals surface area (Å²) in [7, 11) is 0. The molecular weight excluding hydrogens is 318 g/mol. The SMILES string of the molecule is CC(=O)Nc1cccc(NCC(CNC(=O)OC(C)(C)C)C(C)C)c1. The Hall–Kier alpha value is -2.24. The van der Waals surface area contributed by atoms with Crippen molar-refractivity contribution in [2.24, 2.45) is 11.8 Å². The molecule has 0 spiro atoms. The standard InChI is InChI=1S/C19H31N3O3/c1-13(2)15(12-21-18(24)25-19(4,5)6)11-20-16-8-7-9-17(10-16)22-14(3)23/h7-10,13,15,20H,11-12H2,1-6H3,(H,21,24)(H,22,23). The summed E-state index contributed by atoms with van der Waals surface area (Å²) in [5.41, 5.74) is 1.18. The summed E-state index contributed by atoms with van der Waals surface area (Å²) in [6.07, 6.45) is -0.397. The highest BCUT2D eigenvalue weighted by Crippen LogP contribution is 2.17. The molecule has 0 saturated carbocycles. The fourth-order valence-electron chi connectivity index (χ4n) is 2.23. The molecule has 0 aliphatic carbocycles. The quantitative estimate of drug-likeness (QED) is 0.698. The minimum atomic E-state index is -0.500. The van der Waals surface area contributed by atoms with Crippen LogP contribution in [0.3, 0.4) is 0 Å². The van der Waals surface area contributed by atoms with E-state index in [4.69, 9.17) is 4.74 Å². The van der Waals surface area contributed by atoms with Crippen molar-refractivity contribution in [3.05, 3.63) is 24.3 Å². The number of anilines is 2. The van der Waals surface area contributed by atoms with Gasteiger partial charge < -0.3 is 20.7 Å². The molecule has 0 heterocycles. The van der Waals surface area contributed by atoms with Crippen molar-refractivity contribution in [2.75, 3.05) is 23.7 Å². The molecule has 6 heteroatoms. The first-order valence-corrected chi connectivity index (χ1v) is 8.65. The molecule has 1 rings (SSSR count). The topological polar surface area (TPSA) is 79.5 Å². The Kier molecular flexibility index (Phi) is 7.74. The molecule has 25 heavy (non-hydrogen) atoms. The van der Waals surface area contributed by atoms with Crippen LogP contribution in [0.5, 0.6) is 0 Å². The van der Waals surface area contributed by atoms with Gasteiger partial charge in [0.1, 0.15) is 5.60 Å². The molecule has 6 nitrogen and oxygen atoms in total. The Bertz CT molecular complexity index is 580. The van der Waals surface area contributed by atoms with Gasteiger partial charge in [-0.2, -0.15) is 0 Å². The largest absolute Gasteiger partial charge is 0.444 e. The van der Waals surface area contributed by atoms with Crippen LogP contribution in [-0.2, 0) is 9.53 Å². The van der Waals surface area contributed by atoms with Gasteiger partial charge in [0.15, 0.2) is 0 Å². The third-order valence-electron chi connectivity index (χ3n) is 3.60. The first-order valence-electron chi connectivity index (χ1n) is 8.65. The van der Waals surface area contributed by atoms with E-state index in [0.717, 1.165) is 11.4 Å². The van der Waals surface area contributed by atoms with E-state index in [0.29, 0.717) is 19.0 Å². The van der Waals surface area contributed by atoms with Crippen LogP contribution in [0, 0.1) is 11.8 Å². The van der Waals surface area contributed by atoms with Crippen molar-refractivity contribution in [3.8, 4) is 0 Å². The van der Waals surface area contributed by atoms with Crippen LogP contribution in [0.25, 0.3) is 0 Å². The van der Waals surface area contributed by atoms with Crippen molar-refractivity contribution in [3.63, 3.8) is 0 Å². The number of carbonyl (C=O) groups is 2. The van der Waals surface area contributed by atoms with Crippen LogP contribution < -0.4 is 16.0 Å². The molecule has 0 fully saturated rings. The maximum absolute atomic E-state index is 11.8. The first kappa shape index (κ1) is 20.8. The lowest BCUT2D eigenvalue weighted by Gasteiger charge is -2.24. The summed E-state index contributed by atoms with van der Waals surface area (Å²) in [5.74, 6) is 0.539. The molecule has 0 saturated heterocycles. The van der Waals surface area contributed by atoms with E-state index < -0.39 is 11.7 Å². The third kappa shape index (κ3) is 8.98. The van der Waals surface area contributed by atoms with Gasteiger partial charge in [0.2, 0.25) is 5.91 Å². The highest BCUT2D eigenvalue weighted by Gasteiger charge is 2.19. The van der Waals surface area contributed by atoms with Crippen LogP contribution in [0.1, 0.15) is 41.5 Å². The lowest BCUT2D eigenvalue weighted by molar-refractivity contribution is -0.114. The van der Waals surface area contributed by atoms with Crippen LogP contribution in [-0.4, -0.2) is 30.7 Å². The van der Waals surface area contributed by atoms with Crippen LogP contribution in [0.15, 0.2) is 24.3 Å². The second-order valence-corrected chi connectivity index (χ2v) is 7.53. The second-order valence-electron chi connectivity index (χ2n) is 7.53. The molecule has 1 unspecified atom stereocenters. The van der Waals surface area contributed by atoms with E-state index in [1.165, 1.54) is 6.92 Å². The summed E-state index contributed by atoms with van der Waals surface area (Å²) >= 11 is 0. The maximum Gasteiger partial charge on any atom is 0.407 e. The number of ether oxygens (including phenoxy) is 1. The average molecular weight is 349 g/mol. The lowest BCUT2D eigenvalue weighted by atomic mass is 9.95. The zero-order valence-electron chi connectivity index (χ0n) is 16.1. The zero-order valence-corrected chi connectivity index (χ0v) is 16.1. The van der Waals surface area contributed by atoms with Crippen molar-refractivity contribution in [2.45, 2.75) is 47.1 Å². The van der Waals surface area contributed by atoms with E-state index in [9.17, 15) is 9.59 Å². The van der Waals surface area contributed by atoms with Gasteiger partial charge in [-0.15, -0.1) is 0 Å². The van der Waals surface area contributed by atoms with Gasteiger partial charge in [-0.05, 0) is 50.8 Å². The van der Waals surface area contributed by atoms with Crippen molar-refractivity contribution >= 4 is 23.4 Å². The van der Waals surface area contributed by atoms with Crippen molar-refractivity contribution < 1.29 is 14.3 Å². The molecule has 3 N–H and O–H groups in total. The fraction of sp³-hybridized carbons (Fsp3) is 0.579. The molecule has 1 atom stereocenters. The Morgan fingerprint density at radius 3 is 2.32 bits per heavy atom. The summed E-state index contributed by atoms with van der Waals surface area (Å²) in [5, 5.41) is 8.97. The number of alkyl carbamates (subject to hydrolysis) is 1. The number of hydrogen-bond acceptors (Lipinski definition) is 4. The van der Waals surface area contributed by atoms with Gasteiger partial charge >= 0.3 is 6.09 Å². The van der Waals surface area contributed by atoms with Gasteiger partial charge in [-0.1, -0.05) is 19.9 Å². The number of amides is 2. The zero-order chi connectivity index (χ0) is 19.0. The molecule has 1 aromatic carbocycles. The molecule has 0 radical (unpaired) electrons. The molecule has 0 bridgehead atoms. The molecular formula is C19H31N3O3. The van der Waals surface area contributed by atoms with E-state index in [1.54, 1.807) is 0 Å². The highest BCUT2D eigenvalue weighted by molar-refractivity contribution is 5.89. The molecule has 0 aliphatic rings. The highest BCUT2D eigenvalue weighted by atomic mass is 16.6. The predicted octanol–water partition coefficient (Wildman–Crippen LogP) is 3.85. The summed E-state index contributed by atoms with van der Waals surface area (Å²) in [4.78, 5) is 23.0. The van der Waals surface area contributed by atoms with E-state index in [-0.39, 0.29) is 11.8 Å². The Morgan fingerprint density at radius 2 is 1.76 bits per heavy atom. The van der Waals surface area contributed by atoms with Gasteiger partial charge in [-0.25, -0.2) is 4.79 Å². The molecule has 140 valence electrons. The van der Waals surface area contributed by atoms with E-state index in [1.807, 2.05) is 45.0 Å².